The third-order valence-corrected chi connectivity index (χ3v) is 3.58. The van der Waals surface area contributed by atoms with Crippen LogP contribution in [0.5, 0.6) is 0 Å². The van der Waals surface area contributed by atoms with Gasteiger partial charge in [-0.05, 0) is 59.3 Å². The summed E-state index contributed by atoms with van der Waals surface area (Å²) in [6.07, 6.45) is 0. The number of aryl methyl sites for hydroxylation is 1. The van der Waals surface area contributed by atoms with Crippen molar-refractivity contribution in [3.8, 4) is 17.1 Å². The number of aromatic nitrogens is 4. The van der Waals surface area contributed by atoms with E-state index in [1.165, 1.54) is 10.7 Å². The number of nitrogens with zero attached hydrogens (tertiary/aromatic N) is 4. The summed E-state index contributed by atoms with van der Waals surface area (Å²) < 4.78 is 16.5. The molecule has 0 bridgehead atoms. The third kappa shape index (κ3) is 2.52. The molecular formula is C14H11BrFN5. The van der Waals surface area contributed by atoms with E-state index in [0.717, 1.165) is 15.7 Å². The Morgan fingerprint density at radius 1 is 1.19 bits per heavy atom. The number of halogens is 2. The SMILES string of the molecule is Cc1cc(Br)ccc1-n1nnnc1-c1ccc(N)cc1F. The predicted molar refractivity (Wildman–Crippen MR) is 81.4 cm³/mol. The van der Waals surface area contributed by atoms with Crippen LogP contribution in [0, 0.1) is 12.7 Å². The molecule has 0 amide bonds. The van der Waals surface area contributed by atoms with Gasteiger partial charge in [-0.3, -0.25) is 0 Å². The molecule has 0 saturated carbocycles. The molecule has 2 N–H and O–H groups in total. The van der Waals surface area contributed by atoms with Gasteiger partial charge < -0.3 is 5.73 Å². The first kappa shape index (κ1) is 13.7. The normalized spacial score (nSPS) is 10.8. The van der Waals surface area contributed by atoms with Crippen molar-refractivity contribution in [3.63, 3.8) is 0 Å². The number of benzene rings is 2. The topological polar surface area (TPSA) is 69.6 Å². The molecule has 0 spiro atoms. The van der Waals surface area contributed by atoms with Crippen molar-refractivity contribution in [2.24, 2.45) is 0 Å². The van der Waals surface area contributed by atoms with Crippen LogP contribution in [0.1, 0.15) is 5.56 Å². The number of tetrazole rings is 1. The first-order chi connectivity index (χ1) is 10.1. The Bertz CT molecular complexity index is 749. The predicted octanol–water partition coefficient (Wildman–Crippen LogP) is 3.12. The van der Waals surface area contributed by atoms with Crippen LogP contribution >= 0.6 is 15.9 Å². The zero-order valence-electron chi connectivity index (χ0n) is 11.1. The Hall–Kier alpha value is -2.28. The second-order valence-electron chi connectivity index (χ2n) is 4.58. The molecule has 21 heavy (non-hydrogen) atoms. The minimum absolute atomic E-state index is 0.302. The maximum absolute atomic E-state index is 14.1. The number of nitrogen functional groups attached to an aromatic ring is 1. The highest BCUT2D eigenvalue weighted by Crippen LogP contribution is 2.26. The van der Waals surface area contributed by atoms with Crippen molar-refractivity contribution in [3.05, 3.63) is 52.3 Å². The summed E-state index contributed by atoms with van der Waals surface area (Å²) in [7, 11) is 0. The first-order valence-corrected chi connectivity index (χ1v) is 6.96. The highest BCUT2D eigenvalue weighted by molar-refractivity contribution is 9.10. The van der Waals surface area contributed by atoms with Crippen molar-refractivity contribution >= 4 is 21.6 Å². The molecule has 0 aliphatic heterocycles. The largest absolute Gasteiger partial charge is 0.399 e. The van der Waals surface area contributed by atoms with Crippen LogP contribution in [-0.2, 0) is 0 Å². The van der Waals surface area contributed by atoms with Crippen molar-refractivity contribution < 1.29 is 4.39 Å². The van der Waals surface area contributed by atoms with Crippen LogP contribution in [0.2, 0.25) is 0 Å². The van der Waals surface area contributed by atoms with E-state index in [4.69, 9.17) is 5.73 Å². The minimum atomic E-state index is -0.458. The van der Waals surface area contributed by atoms with Gasteiger partial charge in [-0.2, -0.15) is 4.68 Å². The fourth-order valence-corrected chi connectivity index (χ4v) is 2.56. The smallest absolute Gasteiger partial charge is 0.190 e. The molecule has 1 heterocycles. The van der Waals surface area contributed by atoms with Crippen LogP contribution in [0.4, 0.5) is 10.1 Å². The zero-order chi connectivity index (χ0) is 15.0. The van der Waals surface area contributed by atoms with E-state index < -0.39 is 5.82 Å². The van der Waals surface area contributed by atoms with Crippen molar-refractivity contribution in [1.82, 2.24) is 20.2 Å². The van der Waals surface area contributed by atoms with E-state index in [1.54, 1.807) is 12.1 Å². The number of nitrogens with two attached hydrogens (primary N) is 1. The molecule has 5 nitrogen and oxygen atoms in total. The Labute approximate surface area is 128 Å². The molecule has 3 rings (SSSR count). The van der Waals surface area contributed by atoms with E-state index in [9.17, 15) is 4.39 Å². The molecule has 0 atom stereocenters. The molecule has 3 aromatic rings. The summed E-state index contributed by atoms with van der Waals surface area (Å²) in [6, 6.07) is 10.1. The number of hydrogen-bond donors (Lipinski definition) is 1. The van der Waals surface area contributed by atoms with Gasteiger partial charge in [0.15, 0.2) is 5.82 Å². The fraction of sp³-hybridized carbons (Fsp3) is 0.0714. The van der Waals surface area contributed by atoms with Crippen molar-refractivity contribution in [2.45, 2.75) is 6.92 Å². The average molecular weight is 348 g/mol. The van der Waals surface area contributed by atoms with Gasteiger partial charge in [0.25, 0.3) is 0 Å². The van der Waals surface area contributed by atoms with Gasteiger partial charge in [-0.1, -0.05) is 15.9 Å². The monoisotopic (exact) mass is 347 g/mol. The molecule has 1 aromatic heterocycles. The Balaban J connectivity index is 2.17. The lowest BCUT2D eigenvalue weighted by Crippen LogP contribution is -2.03. The standard InChI is InChI=1S/C14H11BrFN5/c1-8-6-9(15)2-5-13(8)21-14(18-19-20-21)11-4-3-10(17)7-12(11)16/h2-7H,17H2,1H3. The van der Waals surface area contributed by atoms with Crippen LogP contribution in [0.15, 0.2) is 40.9 Å². The molecule has 0 radical (unpaired) electrons. The number of hydrogen-bond acceptors (Lipinski definition) is 4. The fourth-order valence-electron chi connectivity index (χ4n) is 2.09. The van der Waals surface area contributed by atoms with Gasteiger partial charge >= 0.3 is 0 Å². The van der Waals surface area contributed by atoms with Gasteiger partial charge in [-0.25, -0.2) is 4.39 Å². The third-order valence-electron chi connectivity index (χ3n) is 3.09. The Morgan fingerprint density at radius 2 is 2.00 bits per heavy atom. The molecule has 2 aromatic carbocycles. The van der Waals surface area contributed by atoms with Crippen molar-refractivity contribution in [2.75, 3.05) is 5.73 Å². The van der Waals surface area contributed by atoms with Crippen LogP contribution in [0.25, 0.3) is 17.1 Å². The van der Waals surface area contributed by atoms with Crippen LogP contribution in [-0.4, -0.2) is 20.2 Å². The van der Waals surface area contributed by atoms with E-state index in [2.05, 4.69) is 31.5 Å². The lowest BCUT2D eigenvalue weighted by Gasteiger charge is -2.09. The molecule has 0 aliphatic rings. The van der Waals surface area contributed by atoms with Crippen LogP contribution in [0.3, 0.4) is 0 Å². The van der Waals surface area contributed by atoms with Gasteiger partial charge in [0.2, 0.25) is 0 Å². The average Bonchev–Trinajstić information content (AvgIpc) is 2.87. The lowest BCUT2D eigenvalue weighted by molar-refractivity contribution is 0.629. The lowest BCUT2D eigenvalue weighted by atomic mass is 10.1. The molecule has 0 unspecified atom stereocenters. The maximum Gasteiger partial charge on any atom is 0.190 e. The van der Waals surface area contributed by atoms with Crippen molar-refractivity contribution in [1.29, 1.82) is 0 Å². The molecule has 7 heteroatoms. The first-order valence-electron chi connectivity index (χ1n) is 6.16. The van der Waals surface area contributed by atoms with Gasteiger partial charge in [-0.15, -0.1) is 5.10 Å². The van der Waals surface area contributed by atoms with E-state index in [-0.39, 0.29) is 0 Å². The summed E-state index contributed by atoms with van der Waals surface area (Å²) in [6.45, 7) is 1.94. The van der Waals surface area contributed by atoms with Gasteiger partial charge in [0, 0.05) is 10.2 Å². The molecule has 0 aliphatic carbocycles. The second-order valence-corrected chi connectivity index (χ2v) is 5.50. The number of anilines is 1. The van der Waals surface area contributed by atoms with Crippen LogP contribution < -0.4 is 5.73 Å². The molecule has 0 fully saturated rings. The summed E-state index contributed by atoms with van der Waals surface area (Å²) in [4.78, 5) is 0. The summed E-state index contributed by atoms with van der Waals surface area (Å²) in [5, 5.41) is 11.5. The minimum Gasteiger partial charge on any atom is -0.399 e. The highest BCUT2D eigenvalue weighted by Gasteiger charge is 2.16. The van der Waals surface area contributed by atoms with Gasteiger partial charge in [0.1, 0.15) is 5.82 Å². The van der Waals surface area contributed by atoms with Gasteiger partial charge in [0.05, 0.1) is 11.3 Å². The maximum atomic E-state index is 14.1. The van der Waals surface area contributed by atoms with E-state index in [0.29, 0.717) is 17.1 Å². The molecule has 0 saturated heterocycles. The molecular weight excluding hydrogens is 337 g/mol. The summed E-state index contributed by atoms with van der Waals surface area (Å²) in [5.74, 6) is -0.126. The van der Waals surface area contributed by atoms with E-state index in [1.807, 2.05) is 25.1 Å². The number of rotatable bonds is 2. The Morgan fingerprint density at radius 3 is 2.71 bits per heavy atom. The van der Waals surface area contributed by atoms with E-state index >= 15 is 0 Å². The quantitative estimate of drug-likeness (QED) is 0.723. The zero-order valence-corrected chi connectivity index (χ0v) is 12.7. The highest BCUT2D eigenvalue weighted by atomic mass is 79.9. The Kier molecular flexibility index (Phi) is 3.42. The molecule has 106 valence electrons. The summed E-state index contributed by atoms with van der Waals surface area (Å²) in [5.41, 5.74) is 7.98. The summed E-state index contributed by atoms with van der Waals surface area (Å²) >= 11 is 3.41. The second kappa shape index (κ2) is 5.25.